The van der Waals surface area contributed by atoms with Crippen LogP contribution in [-0.4, -0.2) is 21.2 Å². The van der Waals surface area contributed by atoms with Gasteiger partial charge in [-0.1, -0.05) is 30.0 Å². The highest BCUT2D eigenvalue weighted by molar-refractivity contribution is 7.98. The Kier molecular flexibility index (Phi) is 2.64. The van der Waals surface area contributed by atoms with Crippen molar-refractivity contribution in [2.24, 2.45) is 0 Å². The molecule has 0 aliphatic heterocycles. The van der Waals surface area contributed by atoms with Crippen molar-refractivity contribution < 1.29 is 4.42 Å². The number of benzene rings is 1. The van der Waals surface area contributed by atoms with Crippen molar-refractivity contribution in [1.29, 1.82) is 0 Å². The van der Waals surface area contributed by atoms with E-state index in [-0.39, 0.29) is 5.95 Å². The van der Waals surface area contributed by atoms with Crippen molar-refractivity contribution in [3.8, 4) is 11.4 Å². The summed E-state index contributed by atoms with van der Waals surface area (Å²) in [6.45, 7) is 0. The first-order valence-corrected chi connectivity index (χ1v) is 6.52. The van der Waals surface area contributed by atoms with E-state index in [2.05, 4.69) is 15.0 Å². The molecule has 1 aromatic carbocycles. The summed E-state index contributed by atoms with van der Waals surface area (Å²) < 4.78 is 5.47. The van der Waals surface area contributed by atoms with Crippen LogP contribution in [0.25, 0.3) is 22.4 Å². The summed E-state index contributed by atoms with van der Waals surface area (Å²) in [6, 6.07) is 7.73. The first-order valence-electron chi connectivity index (χ1n) is 5.30. The molecule has 2 heterocycles. The number of furan rings is 1. The molecule has 0 aliphatic rings. The number of hydrogen-bond donors (Lipinski definition) is 1. The standard InChI is InChI=1S/C12H10N4OS/c1-18-12-15-10(14-11(13)16-12)8-6-17-9-5-3-2-4-7(8)9/h2-6H,1H3,(H2,13,14,15,16). The largest absolute Gasteiger partial charge is 0.464 e. The van der Waals surface area contributed by atoms with E-state index in [9.17, 15) is 0 Å². The molecule has 18 heavy (non-hydrogen) atoms. The van der Waals surface area contributed by atoms with Gasteiger partial charge in [-0.3, -0.25) is 0 Å². The molecule has 0 aliphatic carbocycles. The van der Waals surface area contributed by atoms with Gasteiger partial charge in [0.1, 0.15) is 11.8 Å². The lowest BCUT2D eigenvalue weighted by Gasteiger charge is -2.01. The van der Waals surface area contributed by atoms with Gasteiger partial charge in [-0.25, -0.2) is 4.98 Å². The monoisotopic (exact) mass is 258 g/mol. The van der Waals surface area contributed by atoms with Gasteiger partial charge >= 0.3 is 0 Å². The number of rotatable bonds is 2. The van der Waals surface area contributed by atoms with Crippen LogP contribution in [-0.2, 0) is 0 Å². The predicted molar refractivity (Wildman–Crippen MR) is 71.2 cm³/mol. The number of thioether (sulfide) groups is 1. The third kappa shape index (κ3) is 1.80. The lowest BCUT2D eigenvalue weighted by molar-refractivity contribution is 0.616. The van der Waals surface area contributed by atoms with Crippen LogP contribution in [0.2, 0.25) is 0 Å². The Hall–Kier alpha value is -2.08. The van der Waals surface area contributed by atoms with E-state index < -0.39 is 0 Å². The molecule has 3 aromatic rings. The van der Waals surface area contributed by atoms with Gasteiger partial charge in [-0.2, -0.15) is 9.97 Å². The van der Waals surface area contributed by atoms with Crippen LogP contribution >= 0.6 is 11.8 Å². The van der Waals surface area contributed by atoms with Gasteiger partial charge in [0, 0.05) is 5.39 Å². The van der Waals surface area contributed by atoms with Crippen LogP contribution < -0.4 is 5.73 Å². The Balaban J connectivity index is 2.22. The first-order chi connectivity index (χ1) is 8.78. The number of nitrogens with two attached hydrogens (primary N) is 1. The van der Waals surface area contributed by atoms with E-state index >= 15 is 0 Å². The van der Waals surface area contributed by atoms with Crippen LogP contribution in [0.3, 0.4) is 0 Å². The molecule has 2 aromatic heterocycles. The van der Waals surface area contributed by atoms with Gasteiger partial charge in [0.15, 0.2) is 11.0 Å². The third-order valence-corrected chi connectivity index (χ3v) is 3.08. The highest BCUT2D eigenvalue weighted by Gasteiger charge is 2.12. The lowest BCUT2D eigenvalue weighted by Crippen LogP contribution is -2.00. The molecular formula is C12H10N4OS. The number of nitrogen functional groups attached to an aromatic ring is 1. The molecule has 3 rings (SSSR count). The Morgan fingerprint density at radius 1 is 1.17 bits per heavy atom. The second-order valence-electron chi connectivity index (χ2n) is 3.65. The first kappa shape index (κ1) is 11.0. The number of hydrogen-bond acceptors (Lipinski definition) is 6. The number of anilines is 1. The summed E-state index contributed by atoms with van der Waals surface area (Å²) in [7, 11) is 0. The maximum absolute atomic E-state index is 5.68. The van der Waals surface area contributed by atoms with Gasteiger partial charge in [0.25, 0.3) is 0 Å². The number of aromatic nitrogens is 3. The second-order valence-corrected chi connectivity index (χ2v) is 4.42. The van der Waals surface area contributed by atoms with Crippen molar-refractivity contribution >= 4 is 28.7 Å². The number of para-hydroxylation sites is 1. The summed E-state index contributed by atoms with van der Waals surface area (Å²) in [4.78, 5) is 12.5. The van der Waals surface area contributed by atoms with Gasteiger partial charge in [0.05, 0.1) is 5.56 Å². The summed E-state index contributed by atoms with van der Waals surface area (Å²) in [5.41, 5.74) is 7.31. The van der Waals surface area contributed by atoms with E-state index in [1.165, 1.54) is 11.8 Å². The van der Waals surface area contributed by atoms with Crippen LogP contribution in [0.1, 0.15) is 0 Å². The molecule has 0 bridgehead atoms. The molecule has 0 saturated carbocycles. The smallest absolute Gasteiger partial charge is 0.224 e. The molecule has 90 valence electrons. The maximum atomic E-state index is 5.68. The fourth-order valence-electron chi connectivity index (χ4n) is 1.73. The summed E-state index contributed by atoms with van der Waals surface area (Å²) in [5.74, 6) is 0.756. The molecule has 0 spiro atoms. The molecule has 0 amide bonds. The third-order valence-electron chi connectivity index (χ3n) is 2.54. The molecule has 6 heteroatoms. The average molecular weight is 258 g/mol. The Morgan fingerprint density at radius 2 is 2.00 bits per heavy atom. The topological polar surface area (TPSA) is 77.8 Å². The van der Waals surface area contributed by atoms with Crippen molar-refractivity contribution in [2.75, 3.05) is 12.0 Å². The number of fused-ring (bicyclic) bond motifs is 1. The average Bonchev–Trinajstić information content (AvgIpc) is 2.81. The summed E-state index contributed by atoms with van der Waals surface area (Å²) >= 11 is 1.43. The van der Waals surface area contributed by atoms with Crippen LogP contribution in [0.4, 0.5) is 5.95 Å². The molecule has 0 radical (unpaired) electrons. The normalized spacial score (nSPS) is 10.9. The SMILES string of the molecule is CSc1nc(N)nc(-c2coc3ccccc23)n1. The lowest BCUT2D eigenvalue weighted by atomic mass is 10.2. The Bertz CT molecular complexity index is 710. The zero-order chi connectivity index (χ0) is 12.5. The quantitative estimate of drug-likeness (QED) is 0.712. The molecular weight excluding hydrogens is 248 g/mol. The summed E-state index contributed by atoms with van der Waals surface area (Å²) in [5, 5.41) is 1.57. The van der Waals surface area contributed by atoms with E-state index in [0.29, 0.717) is 11.0 Å². The van der Waals surface area contributed by atoms with Gasteiger partial charge < -0.3 is 10.2 Å². The second kappa shape index (κ2) is 4.30. The zero-order valence-electron chi connectivity index (χ0n) is 9.62. The predicted octanol–water partition coefficient (Wildman–Crippen LogP) is 2.59. The minimum atomic E-state index is 0.217. The number of nitrogens with zero attached hydrogens (tertiary/aromatic N) is 3. The molecule has 0 saturated heterocycles. The Morgan fingerprint density at radius 3 is 2.83 bits per heavy atom. The zero-order valence-corrected chi connectivity index (χ0v) is 10.4. The van der Waals surface area contributed by atoms with E-state index in [0.717, 1.165) is 16.5 Å². The fourth-order valence-corrected chi connectivity index (χ4v) is 2.10. The minimum Gasteiger partial charge on any atom is -0.464 e. The van der Waals surface area contributed by atoms with Crippen molar-refractivity contribution in [3.63, 3.8) is 0 Å². The van der Waals surface area contributed by atoms with E-state index in [1.54, 1.807) is 6.26 Å². The molecule has 0 unspecified atom stereocenters. The summed E-state index contributed by atoms with van der Waals surface area (Å²) in [6.07, 6.45) is 3.54. The molecule has 0 fully saturated rings. The van der Waals surface area contributed by atoms with Gasteiger partial charge in [-0.05, 0) is 12.3 Å². The minimum absolute atomic E-state index is 0.217. The Labute approximate surface area is 107 Å². The van der Waals surface area contributed by atoms with Crippen molar-refractivity contribution in [3.05, 3.63) is 30.5 Å². The van der Waals surface area contributed by atoms with Crippen LogP contribution in [0.15, 0.2) is 40.1 Å². The van der Waals surface area contributed by atoms with Crippen LogP contribution in [0.5, 0.6) is 0 Å². The van der Waals surface area contributed by atoms with Crippen molar-refractivity contribution in [2.45, 2.75) is 5.16 Å². The van der Waals surface area contributed by atoms with E-state index in [1.807, 2.05) is 30.5 Å². The molecule has 0 atom stereocenters. The van der Waals surface area contributed by atoms with E-state index in [4.69, 9.17) is 10.2 Å². The molecule has 2 N–H and O–H groups in total. The fraction of sp³-hybridized carbons (Fsp3) is 0.0833. The highest BCUT2D eigenvalue weighted by Crippen LogP contribution is 2.28. The highest BCUT2D eigenvalue weighted by atomic mass is 32.2. The maximum Gasteiger partial charge on any atom is 0.224 e. The molecule has 5 nitrogen and oxygen atoms in total. The van der Waals surface area contributed by atoms with Gasteiger partial charge in [0.2, 0.25) is 5.95 Å². The van der Waals surface area contributed by atoms with Crippen molar-refractivity contribution in [1.82, 2.24) is 15.0 Å². The van der Waals surface area contributed by atoms with Gasteiger partial charge in [-0.15, -0.1) is 0 Å². The van der Waals surface area contributed by atoms with Crippen LogP contribution in [0, 0.1) is 0 Å².